The molecule has 5 nitrogen and oxygen atoms in total. The molecule has 1 N–H and O–H groups in total. The zero-order valence-corrected chi connectivity index (χ0v) is 16.8. The maximum Gasteiger partial charge on any atom is 0.433 e. The minimum Gasteiger partial charge on any atom is -0.356 e. The van der Waals surface area contributed by atoms with E-state index in [1.807, 2.05) is 4.90 Å². The predicted molar refractivity (Wildman–Crippen MR) is 103 cm³/mol. The molecule has 0 spiro atoms. The van der Waals surface area contributed by atoms with Gasteiger partial charge in [0.2, 0.25) is 10.0 Å². The van der Waals surface area contributed by atoms with Crippen molar-refractivity contribution >= 4 is 27.4 Å². The molecule has 0 amide bonds. The number of benzene rings is 1. The van der Waals surface area contributed by atoms with E-state index in [0.29, 0.717) is 24.5 Å². The Labute approximate surface area is 171 Å². The molecule has 0 radical (unpaired) electrons. The summed E-state index contributed by atoms with van der Waals surface area (Å²) < 4.78 is 67.0. The number of rotatable bonds is 4. The first kappa shape index (κ1) is 20.4. The second-order valence-electron chi connectivity index (χ2n) is 7.47. The van der Waals surface area contributed by atoms with Crippen LogP contribution in [0.3, 0.4) is 0 Å². The molecule has 3 atom stereocenters. The molecule has 1 aliphatic carbocycles. The van der Waals surface area contributed by atoms with Crippen LogP contribution in [0.4, 0.5) is 19.0 Å². The van der Waals surface area contributed by atoms with Crippen molar-refractivity contribution in [2.75, 3.05) is 18.0 Å². The Balaban J connectivity index is 1.49. The van der Waals surface area contributed by atoms with E-state index in [9.17, 15) is 21.6 Å². The summed E-state index contributed by atoms with van der Waals surface area (Å²) in [5, 5.41) is 0.449. The van der Waals surface area contributed by atoms with E-state index in [4.69, 9.17) is 11.6 Å². The van der Waals surface area contributed by atoms with Gasteiger partial charge in [-0.2, -0.15) is 13.2 Å². The number of aromatic nitrogens is 1. The quantitative estimate of drug-likeness (QED) is 0.774. The van der Waals surface area contributed by atoms with E-state index in [-0.39, 0.29) is 28.6 Å². The van der Waals surface area contributed by atoms with Crippen LogP contribution in [0.1, 0.15) is 18.5 Å². The lowest BCUT2D eigenvalue weighted by Crippen LogP contribution is -2.39. The van der Waals surface area contributed by atoms with E-state index >= 15 is 0 Å². The number of fused-ring (bicyclic) bond motifs is 1. The van der Waals surface area contributed by atoms with Crippen molar-refractivity contribution in [3.8, 4) is 0 Å². The number of halogens is 4. The summed E-state index contributed by atoms with van der Waals surface area (Å²) in [4.78, 5) is 5.71. The lowest BCUT2D eigenvalue weighted by atomic mass is 9.98. The summed E-state index contributed by atoms with van der Waals surface area (Å²) in [6, 6.07) is 9.52. The average Bonchev–Trinajstić information content (AvgIpc) is 3.23. The lowest BCUT2D eigenvalue weighted by molar-refractivity contribution is -0.141. The third-order valence-electron chi connectivity index (χ3n) is 5.64. The monoisotopic (exact) mass is 445 g/mol. The first-order chi connectivity index (χ1) is 13.6. The summed E-state index contributed by atoms with van der Waals surface area (Å²) in [6.07, 6.45) is -2.98. The van der Waals surface area contributed by atoms with E-state index < -0.39 is 21.9 Å². The molecule has 29 heavy (non-hydrogen) atoms. The predicted octanol–water partition coefficient (Wildman–Crippen LogP) is 3.95. The maximum absolute atomic E-state index is 13.0. The topological polar surface area (TPSA) is 62.3 Å². The number of hydrogen-bond donors (Lipinski definition) is 1. The number of hydrogen-bond acceptors (Lipinski definition) is 4. The van der Waals surface area contributed by atoms with Crippen LogP contribution in [0.15, 0.2) is 47.4 Å². The van der Waals surface area contributed by atoms with Crippen LogP contribution in [0.25, 0.3) is 0 Å². The zero-order valence-electron chi connectivity index (χ0n) is 15.2. The first-order valence-electron chi connectivity index (χ1n) is 9.20. The molecule has 2 fully saturated rings. The highest BCUT2D eigenvalue weighted by atomic mass is 35.5. The van der Waals surface area contributed by atoms with E-state index in [2.05, 4.69) is 9.71 Å². The summed E-state index contributed by atoms with van der Waals surface area (Å²) >= 11 is 5.82. The lowest BCUT2D eigenvalue weighted by Gasteiger charge is -2.23. The van der Waals surface area contributed by atoms with E-state index in [1.165, 1.54) is 30.3 Å². The van der Waals surface area contributed by atoms with Gasteiger partial charge in [0.25, 0.3) is 0 Å². The zero-order chi connectivity index (χ0) is 20.8. The van der Waals surface area contributed by atoms with Gasteiger partial charge in [-0.3, -0.25) is 0 Å². The second kappa shape index (κ2) is 7.45. The normalized spacial score (nSPS) is 24.7. The van der Waals surface area contributed by atoms with Crippen molar-refractivity contribution in [2.45, 2.75) is 30.0 Å². The molecule has 1 aliphatic heterocycles. The van der Waals surface area contributed by atoms with Crippen molar-refractivity contribution in [1.29, 1.82) is 0 Å². The fourth-order valence-electron chi connectivity index (χ4n) is 4.24. The Kier molecular flexibility index (Phi) is 5.25. The second-order valence-corrected chi connectivity index (χ2v) is 9.62. The van der Waals surface area contributed by atoms with Gasteiger partial charge in [0.1, 0.15) is 11.5 Å². The first-order valence-corrected chi connectivity index (χ1v) is 11.1. The third kappa shape index (κ3) is 4.22. The van der Waals surface area contributed by atoms with Crippen LogP contribution >= 0.6 is 11.6 Å². The molecule has 0 unspecified atom stereocenters. The number of sulfonamides is 1. The van der Waals surface area contributed by atoms with Crippen LogP contribution in [-0.4, -0.2) is 32.5 Å². The number of anilines is 1. The maximum atomic E-state index is 13.0. The van der Waals surface area contributed by atoms with Crippen LogP contribution in [-0.2, 0) is 16.2 Å². The number of pyridine rings is 1. The fourth-order valence-corrected chi connectivity index (χ4v) is 5.68. The minimum absolute atomic E-state index is 0.0217. The molecule has 10 heteroatoms. The molecule has 156 valence electrons. The van der Waals surface area contributed by atoms with Crippen molar-refractivity contribution in [3.05, 3.63) is 53.2 Å². The highest BCUT2D eigenvalue weighted by Gasteiger charge is 2.44. The van der Waals surface area contributed by atoms with Gasteiger partial charge in [0, 0.05) is 24.2 Å². The van der Waals surface area contributed by atoms with E-state index in [0.717, 1.165) is 12.5 Å². The SMILES string of the molecule is O=S(=O)(N[C@H]1CC[C@@H]2CN(c3cccc(C(F)(F)F)n3)C[C@@H]21)c1ccc(Cl)cc1. The standard InChI is InChI=1S/C19H19ClF3N3O2S/c20-13-5-7-14(8-6-13)29(27,28)25-16-9-4-12-10-26(11-15(12)16)18-3-1-2-17(24-18)19(21,22)23/h1-3,5-8,12,15-16,25H,4,9-11H2/t12-,15+,16+/m1/s1. The Morgan fingerprint density at radius 1 is 1.07 bits per heavy atom. The van der Waals surface area contributed by atoms with E-state index in [1.54, 1.807) is 6.07 Å². The van der Waals surface area contributed by atoms with Crippen molar-refractivity contribution in [1.82, 2.24) is 9.71 Å². The summed E-state index contributed by atoms with van der Waals surface area (Å²) in [7, 11) is -3.70. The Morgan fingerprint density at radius 3 is 2.48 bits per heavy atom. The van der Waals surface area contributed by atoms with Gasteiger partial charge in [-0.05, 0) is 61.1 Å². The highest BCUT2D eigenvalue weighted by molar-refractivity contribution is 7.89. The van der Waals surface area contributed by atoms with Gasteiger partial charge in [-0.25, -0.2) is 18.1 Å². The summed E-state index contributed by atoms with van der Waals surface area (Å²) in [5.41, 5.74) is -0.924. The fraction of sp³-hybridized carbons (Fsp3) is 0.421. The molecule has 2 aliphatic rings. The minimum atomic E-state index is -4.50. The molecule has 1 saturated carbocycles. The van der Waals surface area contributed by atoms with Crippen molar-refractivity contribution in [2.24, 2.45) is 11.8 Å². The van der Waals surface area contributed by atoms with Crippen molar-refractivity contribution < 1.29 is 21.6 Å². The highest BCUT2D eigenvalue weighted by Crippen LogP contribution is 2.40. The van der Waals surface area contributed by atoms with Gasteiger partial charge in [-0.1, -0.05) is 17.7 Å². The number of nitrogens with one attached hydrogen (secondary N) is 1. The van der Waals surface area contributed by atoms with Crippen LogP contribution in [0.5, 0.6) is 0 Å². The molecule has 1 aromatic carbocycles. The van der Waals surface area contributed by atoms with Crippen LogP contribution in [0.2, 0.25) is 5.02 Å². The van der Waals surface area contributed by atoms with Gasteiger partial charge in [0.05, 0.1) is 4.90 Å². The number of nitrogens with zero attached hydrogens (tertiary/aromatic N) is 2. The third-order valence-corrected chi connectivity index (χ3v) is 7.39. The molecular formula is C19H19ClF3N3O2S. The Morgan fingerprint density at radius 2 is 1.79 bits per heavy atom. The molecule has 2 aromatic rings. The van der Waals surface area contributed by atoms with Gasteiger partial charge < -0.3 is 4.90 Å². The van der Waals surface area contributed by atoms with Gasteiger partial charge >= 0.3 is 6.18 Å². The largest absolute Gasteiger partial charge is 0.433 e. The summed E-state index contributed by atoms with van der Waals surface area (Å²) in [5.74, 6) is 0.506. The smallest absolute Gasteiger partial charge is 0.356 e. The van der Waals surface area contributed by atoms with Gasteiger partial charge in [0.15, 0.2) is 0 Å². The van der Waals surface area contributed by atoms with Crippen molar-refractivity contribution in [3.63, 3.8) is 0 Å². The molecule has 4 rings (SSSR count). The summed E-state index contributed by atoms with van der Waals surface area (Å²) in [6.45, 7) is 1.03. The molecule has 0 bridgehead atoms. The van der Waals surface area contributed by atoms with Gasteiger partial charge in [-0.15, -0.1) is 0 Å². The number of alkyl halides is 3. The average molecular weight is 446 g/mol. The Bertz CT molecular complexity index is 999. The molecule has 1 saturated heterocycles. The molecular weight excluding hydrogens is 427 g/mol. The molecule has 2 heterocycles. The van der Waals surface area contributed by atoms with Crippen LogP contribution < -0.4 is 9.62 Å². The molecule has 1 aromatic heterocycles. The van der Waals surface area contributed by atoms with Crippen LogP contribution in [0, 0.1) is 11.8 Å². The Hall–Kier alpha value is -1.84.